The van der Waals surface area contributed by atoms with Gasteiger partial charge in [-0.2, -0.15) is 0 Å². The topological polar surface area (TPSA) is 23.5 Å². The minimum atomic E-state index is -0.231. The molecule has 66 valence electrons. The maximum absolute atomic E-state index is 9.02. The van der Waals surface area contributed by atoms with Crippen molar-refractivity contribution in [1.82, 2.24) is 4.90 Å². The van der Waals surface area contributed by atoms with Crippen LogP contribution in [0.15, 0.2) is 12.2 Å². The number of aliphatic hydroxyl groups excluding tert-OH is 1. The van der Waals surface area contributed by atoms with E-state index in [0.717, 1.165) is 19.5 Å². The number of rotatable bonds is 5. The summed E-state index contributed by atoms with van der Waals surface area (Å²) in [5, 5.41) is 9.02. The second kappa shape index (κ2) is 5.33. The van der Waals surface area contributed by atoms with Crippen LogP contribution in [-0.2, 0) is 0 Å². The standard InChI is InChI=1S/C9H19NO/c1-8(2)5-6-10(4)7-9(3)11/h9,11H,1,5-7H2,2-4H3. The zero-order valence-corrected chi connectivity index (χ0v) is 7.80. The SMILES string of the molecule is C=C(C)CCN(C)CC(C)O. The molecule has 0 aromatic carbocycles. The molecule has 0 aliphatic heterocycles. The molecule has 11 heavy (non-hydrogen) atoms. The molecule has 2 heteroatoms. The molecule has 0 aromatic heterocycles. The normalized spacial score (nSPS) is 13.5. The Labute approximate surface area is 69.5 Å². The highest BCUT2D eigenvalue weighted by Crippen LogP contribution is 1.97. The summed E-state index contributed by atoms with van der Waals surface area (Å²) in [7, 11) is 2.01. The summed E-state index contributed by atoms with van der Waals surface area (Å²) in [6, 6.07) is 0. The van der Waals surface area contributed by atoms with Crippen LogP contribution in [0.5, 0.6) is 0 Å². The van der Waals surface area contributed by atoms with E-state index >= 15 is 0 Å². The molecule has 2 nitrogen and oxygen atoms in total. The second-order valence-electron chi connectivity index (χ2n) is 3.32. The van der Waals surface area contributed by atoms with Gasteiger partial charge in [-0.05, 0) is 27.3 Å². The fourth-order valence-corrected chi connectivity index (χ4v) is 0.924. The van der Waals surface area contributed by atoms with Gasteiger partial charge in [0.05, 0.1) is 6.10 Å². The van der Waals surface area contributed by atoms with Crippen molar-refractivity contribution in [2.24, 2.45) is 0 Å². The highest BCUT2D eigenvalue weighted by Gasteiger charge is 2.01. The Balaban J connectivity index is 3.37. The van der Waals surface area contributed by atoms with Gasteiger partial charge in [-0.25, -0.2) is 0 Å². The molecule has 0 amide bonds. The summed E-state index contributed by atoms with van der Waals surface area (Å²) in [6.45, 7) is 9.37. The average molecular weight is 157 g/mol. The molecule has 1 unspecified atom stereocenters. The first-order valence-corrected chi connectivity index (χ1v) is 4.03. The molecule has 0 radical (unpaired) electrons. The first-order valence-electron chi connectivity index (χ1n) is 4.03. The molecule has 1 N–H and O–H groups in total. The Morgan fingerprint density at radius 1 is 1.64 bits per heavy atom. The molecule has 0 heterocycles. The van der Waals surface area contributed by atoms with Gasteiger partial charge < -0.3 is 10.0 Å². The monoisotopic (exact) mass is 157 g/mol. The summed E-state index contributed by atoms with van der Waals surface area (Å²) in [5.74, 6) is 0. The van der Waals surface area contributed by atoms with Crippen molar-refractivity contribution in [3.63, 3.8) is 0 Å². The molecule has 0 aliphatic carbocycles. The molecule has 0 rings (SSSR count). The highest BCUT2D eigenvalue weighted by molar-refractivity contribution is 4.88. The lowest BCUT2D eigenvalue weighted by Gasteiger charge is -2.17. The Kier molecular flexibility index (Phi) is 5.16. The first-order chi connectivity index (χ1) is 5.02. The summed E-state index contributed by atoms with van der Waals surface area (Å²) in [5.41, 5.74) is 1.20. The number of aliphatic hydroxyl groups is 1. The van der Waals surface area contributed by atoms with E-state index in [1.165, 1.54) is 5.57 Å². The van der Waals surface area contributed by atoms with Gasteiger partial charge in [-0.3, -0.25) is 0 Å². The number of hydrogen-bond acceptors (Lipinski definition) is 2. The van der Waals surface area contributed by atoms with Crippen molar-refractivity contribution in [3.05, 3.63) is 12.2 Å². The Hall–Kier alpha value is -0.340. The predicted molar refractivity (Wildman–Crippen MR) is 48.6 cm³/mol. The van der Waals surface area contributed by atoms with Crippen LogP contribution in [0.25, 0.3) is 0 Å². The molecule has 0 saturated carbocycles. The van der Waals surface area contributed by atoms with Gasteiger partial charge in [0.25, 0.3) is 0 Å². The second-order valence-corrected chi connectivity index (χ2v) is 3.32. The van der Waals surface area contributed by atoms with Crippen LogP contribution in [0.2, 0.25) is 0 Å². The van der Waals surface area contributed by atoms with Crippen molar-refractivity contribution in [3.8, 4) is 0 Å². The smallest absolute Gasteiger partial charge is 0.0638 e. The van der Waals surface area contributed by atoms with E-state index in [4.69, 9.17) is 5.11 Å². The Bertz CT molecular complexity index is 121. The molecule has 0 fully saturated rings. The van der Waals surface area contributed by atoms with Gasteiger partial charge in [0, 0.05) is 13.1 Å². The van der Waals surface area contributed by atoms with Crippen molar-refractivity contribution < 1.29 is 5.11 Å². The number of likely N-dealkylation sites (N-methyl/N-ethyl adjacent to an activating group) is 1. The summed E-state index contributed by atoms with van der Waals surface area (Å²) in [4.78, 5) is 2.11. The van der Waals surface area contributed by atoms with E-state index < -0.39 is 0 Å². The lowest BCUT2D eigenvalue weighted by atomic mass is 10.2. The first kappa shape index (κ1) is 10.7. The number of hydrogen-bond donors (Lipinski definition) is 1. The average Bonchev–Trinajstić information content (AvgIpc) is 1.82. The Morgan fingerprint density at radius 2 is 2.18 bits per heavy atom. The van der Waals surface area contributed by atoms with E-state index in [9.17, 15) is 0 Å². The van der Waals surface area contributed by atoms with Crippen LogP contribution in [0, 0.1) is 0 Å². The molecule has 0 aromatic rings. The lowest BCUT2D eigenvalue weighted by Crippen LogP contribution is -2.28. The van der Waals surface area contributed by atoms with E-state index in [1.54, 1.807) is 6.92 Å². The number of nitrogens with zero attached hydrogens (tertiary/aromatic N) is 1. The molecule has 1 atom stereocenters. The third-order valence-electron chi connectivity index (χ3n) is 1.50. The van der Waals surface area contributed by atoms with E-state index in [2.05, 4.69) is 11.5 Å². The van der Waals surface area contributed by atoms with Crippen LogP contribution >= 0.6 is 0 Å². The molecule has 0 saturated heterocycles. The third-order valence-corrected chi connectivity index (χ3v) is 1.50. The van der Waals surface area contributed by atoms with Gasteiger partial charge in [-0.15, -0.1) is 6.58 Å². The van der Waals surface area contributed by atoms with Gasteiger partial charge in [-0.1, -0.05) is 5.57 Å². The third kappa shape index (κ3) is 7.56. The van der Waals surface area contributed by atoms with Crippen molar-refractivity contribution in [2.45, 2.75) is 26.4 Å². The summed E-state index contributed by atoms with van der Waals surface area (Å²) in [6.07, 6.45) is 0.786. The fraction of sp³-hybridized carbons (Fsp3) is 0.778. The molecular formula is C9H19NO. The zero-order chi connectivity index (χ0) is 8.85. The largest absolute Gasteiger partial charge is 0.392 e. The zero-order valence-electron chi connectivity index (χ0n) is 7.80. The summed E-state index contributed by atoms with van der Waals surface area (Å²) >= 11 is 0. The molecule has 0 aliphatic rings. The minimum absolute atomic E-state index is 0.231. The van der Waals surface area contributed by atoms with Crippen LogP contribution in [0.4, 0.5) is 0 Å². The quantitative estimate of drug-likeness (QED) is 0.607. The maximum Gasteiger partial charge on any atom is 0.0638 e. The summed E-state index contributed by atoms with van der Waals surface area (Å²) < 4.78 is 0. The van der Waals surface area contributed by atoms with E-state index in [-0.39, 0.29) is 6.10 Å². The van der Waals surface area contributed by atoms with Crippen molar-refractivity contribution >= 4 is 0 Å². The van der Waals surface area contributed by atoms with E-state index in [1.807, 2.05) is 14.0 Å². The highest BCUT2D eigenvalue weighted by atomic mass is 16.3. The van der Waals surface area contributed by atoms with Crippen LogP contribution in [0.3, 0.4) is 0 Å². The Morgan fingerprint density at radius 3 is 2.55 bits per heavy atom. The maximum atomic E-state index is 9.02. The molecule has 0 bridgehead atoms. The molecular weight excluding hydrogens is 138 g/mol. The predicted octanol–water partition coefficient (Wildman–Crippen LogP) is 1.27. The lowest BCUT2D eigenvalue weighted by molar-refractivity contribution is 0.142. The van der Waals surface area contributed by atoms with Crippen LogP contribution in [-0.4, -0.2) is 36.2 Å². The van der Waals surface area contributed by atoms with Crippen LogP contribution < -0.4 is 0 Å². The van der Waals surface area contributed by atoms with Gasteiger partial charge >= 0.3 is 0 Å². The minimum Gasteiger partial charge on any atom is -0.392 e. The fourth-order valence-electron chi connectivity index (χ4n) is 0.924. The van der Waals surface area contributed by atoms with Crippen molar-refractivity contribution in [2.75, 3.05) is 20.1 Å². The van der Waals surface area contributed by atoms with Gasteiger partial charge in [0.1, 0.15) is 0 Å². The van der Waals surface area contributed by atoms with Crippen molar-refractivity contribution in [1.29, 1.82) is 0 Å². The van der Waals surface area contributed by atoms with Crippen LogP contribution in [0.1, 0.15) is 20.3 Å². The van der Waals surface area contributed by atoms with Gasteiger partial charge in [0.2, 0.25) is 0 Å². The molecule has 0 spiro atoms. The van der Waals surface area contributed by atoms with Gasteiger partial charge in [0.15, 0.2) is 0 Å². The van der Waals surface area contributed by atoms with E-state index in [0.29, 0.717) is 0 Å².